The van der Waals surface area contributed by atoms with E-state index in [1.807, 2.05) is 31.2 Å². The Bertz CT molecular complexity index is 544. The zero-order valence-electron chi connectivity index (χ0n) is 13.4. The van der Waals surface area contributed by atoms with Crippen molar-refractivity contribution in [2.45, 2.75) is 25.5 Å². The summed E-state index contributed by atoms with van der Waals surface area (Å²) in [6.45, 7) is 2.37. The molecule has 2 atom stereocenters. The number of hydrogen-bond acceptors (Lipinski definition) is 4. The van der Waals surface area contributed by atoms with Gasteiger partial charge >= 0.3 is 12.0 Å². The van der Waals surface area contributed by atoms with Gasteiger partial charge in [-0.2, -0.15) is 0 Å². The standard InChI is InChI=1S/C16H22N2O4/c1-11-5-7-12(8-6-11)17(2)16(20)18-10-13(21-3)9-14(18)15(19)22-4/h5-8,13-14H,9-10H2,1-4H3/t13-,14?/m1/s1. The van der Waals surface area contributed by atoms with Gasteiger partial charge in [0.1, 0.15) is 6.04 Å². The monoisotopic (exact) mass is 306 g/mol. The smallest absolute Gasteiger partial charge is 0.328 e. The van der Waals surface area contributed by atoms with Crippen LogP contribution in [-0.2, 0) is 14.3 Å². The first-order valence-electron chi connectivity index (χ1n) is 7.19. The Morgan fingerprint density at radius 3 is 2.41 bits per heavy atom. The summed E-state index contributed by atoms with van der Waals surface area (Å²) in [6, 6.07) is 6.81. The third-order valence-electron chi connectivity index (χ3n) is 4.02. The van der Waals surface area contributed by atoms with Crippen molar-refractivity contribution < 1.29 is 19.1 Å². The van der Waals surface area contributed by atoms with Gasteiger partial charge in [-0.15, -0.1) is 0 Å². The van der Waals surface area contributed by atoms with Crippen LogP contribution in [0.5, 0.6) is 0 Å². The Balaban J connectivity index is 2.18. The predicted molar refractivity (Wildman–Crippen MR) is 82.9 cm³/mol. The summed E-state index contributed by atoms with van der Waals surface area (Å²) < 4.78 is 10.1. The SMILES string of the molecule is COC(=O)C1C[C@@H](OC)CN1C(=O)N(C)c1ccc(C)cc1. The lowest BCUT2D eigenvalue weighted by atomic mass is 10.2. The van der Waals surface area contributed by atoms with E-state index in [-0.39, 0.29) is 12.1 Å². The van der Waals surface area contributed by atoms with Crippen molar-refractivity contribution in [1.82, 2.24) is 4.90 Å². The number of nitrogens with zero attached hydrogens (tertiary/aromatic N) is 2. The van der Waals surface area contributed by atoms with Crippen molar-refractivity contribution in [3.8, 4) is 0 Å². The van der Waals surface area contributed by atoms with Crippen LogP contribution < -0.4 is 4.90 Å². The van der Waals surface area contributed by atoms with Crippen LogP contribution in [0.4, 0.5) is 10.5 Å². The molecule has 0 aromatic heterocycles. The maximum Gasteiger partial charge on any atom is 0.328 e. The number of urea groups is 1. The highest BCUT2D eigenvalue weighted by Gasteiger charge is 2.41. The summed E-state index contributed by atoms with van der Waals surface area (Å²) in [5.74, 6) is -0.412. The summed E-state index contributed by atoms with van der Waals surface area (Å²) in [4.78, 5) is 27.7. The van der Waals surface area contributed by atoms with E-state index in [1.54, 1.807) is 14.2 Å². The number of hydrogen-bond donors (Lipinski definition) is 0. The Hall–Kier alpha value is -2.08. The molecule has 0 bridgehead atoms. The number of methoxy groups -OCH3 is 2. The molecular weight excluding hydrogens is 284 g/mol. The highest BCUT2D eigenvalue weighted by Crippen LogP contribution is 2.24. The van der Waals surface area contributed by atoms with E-state index in [9.17, 15) is 9.59 Å². The van der Waals surface area contributed by atoms with Crippen LogP contribution in [0.2, 0.25) is 0 Å². The number of esters is 1. The number of amides is 2. The van der Waals surface area contributed by atoms with Gasteiger partial charge in [0.15, 0.2) is 0 Å². The van der Waals surface area contributed by atoms with Gasteiger partial charge in [-0.1, -0.05) is 17.7 Å². The van der Waals surface area contributed by atoms with E-state index < -0.39 is 12.0 Å². The summed E-state index contributed by atoms with van der Waals surface area (Å²) in [5.41, 5.74) is 1.90. The first-order chi connectivity index (χ1) is 10.5. The van der Waals surface area contributed by atoms with Crippen molar-refractivity contribution in [1.29, 1.82) is 0 Å². The Kier molecular flexibility index (Phi) is 5.03. The molecule has 0 aliphatic carbocycles. The summed E-state index contributed by atoms with van der Waals surface area (Å²) in [6.07, 6.45) is 0.302. The number of anilines is 1. The normalized spacial score (nSPS) is 20.8. The second-order valence-corrected chi connectivity index (χ2v) is 5.46. The molecule has 1 unspecified atom stereocenters. The molecule has 1 heterocycles. The van der Waals surface area contributed by atoms with Crippen LogP contribution in [0.25, 0.3) is 0 Å². The van der Waals surface area contributed by atoms with Gasteiger partial charge < -0.3 is 14.4 Å². The molecule has 1 saturated heterocycles. The molecule has 22 heavy (non-hydrogen) atoms. The number of carbonyl (C=O) groups excluding carboxylic acids is 2. The average Bonchev–Trinajstić information content (AvgIpc) is 2.97. The molecule has 2 rings (SSSR count). The lowest BCUT2D eigenvalue weighted by Gasteiger charge is -2.28. The van der Waals surface area contributed by atoms with E-state index in [2.05, 4.69) is 0 Å². The lowest BCUT2D eigenvalue weighted by molar-refractivity contribution is -0.145. The second-order valence-electron chi connectivity index (χ2n) is 5.46. The molecule has 0 saturated carbocycles. The predicted octanol–water partition coefficient (Wildman–Crippen LogP) is 1.81. The number of likely N-dealkylation sites (tertiary alicyclic amines) is 1. The molecule has 2 amide bonds. The van der Waals surface area contributed by atoms with Crippen molar-refractivity contribution in [2.24, 2.45) is 0 Å². The molecule has 1 aromatic carbocycles. The van der Waals surface area contributed by atoms with E-state index in [4.69, 9.17) is 9.47 Å². The fourth-order valence-corrected chi connectivity index (χ4v) is 2.61. The summed E-state index contributed by atoms with van der Waals surface area (Å²) in [7, 11) is 4.60. The van der Waals surface area contributed by atoms with E-state index in [0.717, 1.165) is 11.3 Å². The zero-order chi connectivity index (χ0) is 16.3. The largest absolute Gasteiger partial charge is 0.467 e. The highest BCUT2D eigenvalue weighted by molar-refractivity contribution is 5.94. The van der Waals surface area contributed by atoms with E-state index >= 15 is 0 Å². The quantitative estimate of drug-likeness (QED) is 0.799. The van der Waals surface area contributed by atoms with Crippen LogP contribution >= 0.6 is 0 Å². The number of carbonyl (C=O) groups is 2. The van der Waals surface area contributed by atoms with E-state index in [0.29, 0.717) is 13.0 Å². The first kappa shape index (κ1) is 16.3. The Morgan fingerprint density at radius 1 is 1.23 bits per heavy atom. The maximum absolute atomic E-state index is 12.7. The molecule has 0 radical (unpaired) electrons. The molecular formula is C16H22N2O4. The molecule has 120 valence electrons. The third-order valence-corrected chi connectivity index (χ3v) is 4.02. The minimum absolute atomic E-state index is 0.153. The molecule has 1 aliphatic heterocycles. The molecule has 1 aromatic rings. The lowest BCUT2D eigenvalue weighted by Crippen LogP contribution is -2.47. The Labute approximate surface area is 130 Å². The van der Waals surface area contributed by atoms with Gasteiger partial charge in [0.25, 0.3) is 0 Å². The van der Waals surface area contributed by atoms with E-state index in [1.165, 1.54) is 16.9 Å². The molecule has 1 fully saturated rings. The molecule has 6 heteroatoms. The van der Waals surface area contributed by atoms with Crippen LogP contribution in [0.3, 0.4) is 0 Å². The number of benzene rings is 1. The molecule has 0 N–H and O–H groups in total. The highest BCUT2D eigenvalue weighted by atomic mass is 16.5. The third kappa shape index (κ3) is 3.22. The van der Waals surface area contributed by atoms with Crippen LogP contribution in [0, 0.1) is 6.92 Å². The molecule has 1 aliphatic rings. The first-order valence-corrected chi connectivity index (χ1v) is 7.19. The topological polar surface area (TPSA) is 59.1 Å². The minimum atomic E-state index is -0.602. The van der Waals surface area contributed by atoms with Gasteiger partial charge in [-0.3, -0.25) is 4.90 Å². The van der Waals surface area contributed by atoms with Crippen molar-refractivity contribution in [3.05, 3.63) is 29.8 Å². The summed E-state index contributed by atoms with van der Waals surface area (Å²) >= 11 is 0. The van der Waals surface area contributed by atoms with Crippen LogP contribution in [-0.4, -0.2) is 56.9 Å². The summed E-state index contributed by atoms with van der Waals surface area (Å²) in [5, 5.41) is 0. The van der Waals surface area contributed by atoms with Gasteiger partial charge in [-0.25, -0.2) is 9.59 Å². The number of ether oxygens (including phenoxy) is 2. The van der Waals surface area contributed by atoms with Crippen molar-refractivity contribution in [3.63, 3.8) is 0 Å². The number of rotatable bonds is 3. The maximum atomic E-state index is 12.7. The molecule has 0 spiro atoms. The van der Waals surface area contributed by atoms with Crippen molar-refractivity contribution in [2.75, 3.05) is 32.7 Å². The second kappa shape index (κ2) is 6.79. The van der Waals surface area contributed by atoms with Gasteiger partial charge in [0.2, 0.25) is 0 Å². The fourth-order valence-electron chi connectivity index (χ4n) is 2.61. The van der Waals surface area contributed by atoms with Gasteiger partial charge in [0.05, 0.1) is 13.2 Å². The molecule has 6 nitrogen and oxygen atoms in total. The van der Waals surface area contributed by atoms with Gasteiger partial charge in [0, 0.05) is 32.8 Å². The minimum Gasteiger partial charge on any atom is -0.467 e. The average molecular weight is 306 g/mol. The van der Waals surface area contributed by atoms with Crippen molar-refractivity contribution >= 4 is 17.7 Å². The zero-order valence-corrected chi connectivity index (χ0v) is 13.4. The van der Waals surface area contributed by atoms with Gasteiger partial charge in [-0.05, 0) is 19.1 Å². The number of aryl methyl sites for hydroxylation is 1. The Morgan fingerprint density at radius 2 is 1.86 bits per heavy atom. The fraction of sp³-hybridized carbons (Fsp3) is 0.500. The van der Waals surface area contributed by atoms with Crippen LogP contribution in [0.1, 0.15) is 12.0 Å². The van der Waals surface area contributed by atoms with Crippen LogP contribution in [0.15, 0.2) is 24.3 Å².